The molecule has 0 aliphatic carbocycles. The van der Waals surface area contributed by atoms with E-state index in [4.69, 9.17) is 14.6 Å². The highest BCUT2D eigenvalue weighted by atomic mass is 16.6. The zero-order chi connectivity index (χ0) is 13.5. The maximum Gasteiger partial charge on any atom is 0.340 e. The normalized spacial score (nSPS) is 11.9. The fourth-order valence-corrected chi connectivity index (χ4v) is 1.23. The number of aromatic carboxylic acids is 1. The molecule has 0 bridgehead atoms. The lowest BCUT2D eigenvalue weighted by Gasteiger charge is -2.11. The second kappa shape index (κ2) is 6.76. The van der Waals surface area contributed by atoms with Gasteiger partial charge in [0, 0.05) is 6.61 Å². The van der Waals surface area contributed by atoms with Crippen LogP contribution in [0.1, 0.15) is 30.6 Å². The third kappa shape index (κ3) is 4.18. The second-order valence-corrected chi connectivity index (χ2v) is 3.76. The highest BCUT2D eigenvalue weighted by molar-refractivity contribution is 5.87. The van der Waals surface area contributed by atoms with Crippen LogP contribution in [-0.2, 0) is 9.53 Å². The van der Waals surface area contributed by atoms with E-state index >= 15 is 0 Å². The van der Waals surface area contributed by atoms with E-state index in [1.807, 2.05) is 6.92 Å². The fourth-order valence-electron chi connectivity index (χ4n) is 1.23. The molecule has 1 atom stereocenters. The van der Waals surface area contributed by atoms with Crippen molar-refractivity contribution in [1.29, 1.82) is 0 Å². The van der Waals surface area contributed by atoms with E-state index in [1.165, 1.54) is 24.3 Å². The summed E-state index contributed by atoms with van der Waals surface area (Å²) in [4.78, 5) is 22.2. The number of esters is 1. The Bertz CT molecular complexity index is 410. The number of benzene rings is 1. The molecule has 0 saturated carbocycles. The van der Waals surface area contributed by atoms with Gasteiger partial charge in [0.1, 0.15) is 5.75 Å². The number of hydrogen-bond acceptors (Lipinski definition) is 4. The van der Waals surface area contributed by atoms with Gasteiger partial charge in [-0.25, -0.2) is 9.59 Å². The van der Waals surface area contributed by atoms with Crippen molar-refractivity contribution in [3.63, 3.8) is 0 Å². The number of carboxylic acids is 1. The molecule has 1 rings (SSSR count). The van der Waals surface area contributed by atoms with Gasteiger partial charge in [-0.2, -0.15) is 0 Å². The summed E-state index contributed by atoms with van der Waals surface area (Å²) in [7, 11) is 0. The van der Waals surface area contributed by atoms with Crippen molar-refractivity contribution in [3.8, 4) is 5.75 Å². The van der Waals surface area contributed by atoms with Gasteiger partial charge in [0.2, 0.25) is 0 Å². The SMILES string of the molecule is CCCO[C@@H](C)C(=O)Oc1ccc(C(=O)O)cc1. The summed E-state index contributed by atoms with van der Waals surface area (Å²) in [5.41, 5.74) is 0.144. The summed E-state index contributed by atoms with van der Waals surface area (Å²) >= 11 is 0. The molecule has 0 unspecified atom stereocenters. The molecule has 0 aliphatic rings. The van der Waals surface area contributed by atoms with Gasteiger partial charge < -0.3 is 14.6 Å². The van der Waals surface area contributed by atoms with Crippen LogP contribution in [0.4, 0.5) is 0 Å². The molecule has 0 amide bonds. The van der Waals surface area contributed by atoms with E-state index in [2.05, 4.69) is 0 Å². The third-order valence-electron chi connectivity index (χ3n) is 2.22. The van der Waals surface area contributed by atoms with Crippen molar-refractivity contribution >= 4 is 11.9 Å². The Hall–Kier alpha value is -1.88. The van der Waals surface area contributed by atoms with Crippen molar-refractivity contribution < 1.29 is 24.2 Å². The smallest absolute Gasteiger partial charge is 0.340 e. The average molecular weight is 252 g/mol. The van der Waals surface area contributed by atoms with Gasteiger partial charge >= 0.3 is 11.9 Å². The molecule has 1 aromatic carbocycles. The highest BCUT2D eigenvalue weighted by Gasteiger charge is 2.15. The molecule has 98 valence electrons. The second-order valence-electron chi connectivity index (χ2n) is 3.76. The van der Waals surface area contributed by atoms with Crippen LogP contribution < -0.4 is 4.74 Å². The molecule has 0 heterocycles. The Morgan fingerprint density at radius 2 is 1.89 bits per heavy atom. The summed E-state index contributed by atoms with van der Waals surface area (Å²) in [5, 5.41) is 8.72. The van der Waals surface area contributed by atoms with Crippen LogP contribution in [0.15, 0.2) is 24.3 Å². The van der Waals surface area contributed by atoms with E-state index in [0.29, 0.717) is 12.4 Å². The van der Waals surface area contributed by atoms with Crippen LogP contribution in [0, 0.1) is 0 Å². The average Bonchev–Trinajstić information content (AvgIpc) is 2.36. The minimum Gasteiger partial charge on any atom is -0.478 e. The van der Waals surface area contributed by atoms with E-state index < -0.39 is 18.0 Å². The Balaban J connectivity index is 2.56. The van der Waals surface area contributed by atoms with Gasteiger partial charge in [0.05, 0.1) is 5.56 Å². The van der Waals surface area contributed by atoms with Gasteiger partial charge in [-0.15, -0.1) is 0 Å². The van der Waals surface area contributed by atoms with E-state index in [0.717, 1.165) is 6.42 Å². The molecule has 1 aromatic rings. The lowest BCUT2D eigenvalue weighted by molar-refractivity contribution is -0.146. The number of ether oxygens (including phenoxy) is 2. The van der Waals surface area contributed by atoms with Crippen LogP contribution in [0.5, 0.6) is 5.75 Å². The number of hydrogen-bond donors (Lipinski definition) is 1. The monoisotopic (exact) mass is 252 g/mol. The molecule has 1 N–H and O–H groups in total. The first-order valence-corrected chi connectivity index (χ1v) is 5.71. The van der Waals surface area contributed by atoms with Crippen LogP contribution in [0.3, 0.4) is 0 Å². The number of rotatable bonds is 6. The topological polar surface area (TPSA) is 72.8 Å². The molecule has 0 saturated heterocycles. The zero-order valence-electron chi connectivity index (χ0n) is 10.4. The molecule has 0 aromatic heterocycles. The van der Waals surface area contributed by atoms with Crippen molar-refractivity contribution in [2.75, 3.05) is 6.61 Å². The lowest BCUT2D eigenvalue weighted by atomic mass is 10.2. The standard InChI is InChI=1S/C13H16O5/c1-3-8-17-9(2)13(16)18-11-6-4-10(5-7-11)12(14)15/h4-7,9H,3,8H2,1-2H3,(H,14,15)/t9-/m0/s1. The minimum absolute atomic E-state index is 0.144. The van der Waals surface area contributed by atoms with Crippen LogP contribution in [-0.4, -0.2) is 29.8 Å². The molecule has 5 nitrogen and oxygen atoms in total. The molecule has 18 heavy (non-hydrogen) atoms. The number of carbonyl (C=O) groups is 2. The first-order valence-electron chi connectivity index (χ1n) is 5.71. The number of carboxylic acid groups (broad SMARTS) is 1. The van der Waals surface area contributed by atoms with Crippen molar-refractivity contribution in [2.45, 2.75) is 26.4 Å². The Kier molecular flexibility index (Phi) is 5.32. The maximum absolute atomic E-state index is 11.6. The molecule has 0 fully saturated rings. The summed E-state index contributed by atoms with van der Waals surface area (Å²) in [6.07, 6.45) is 0.189. The third-order valence-corrected chi connectivity index (χ3v) is 2.22. The van der Waals surface area contributed by atoms with Crippen molar-refractivity contribution in [1.82, 2.24) is 0 Å². The lowest BCUT2D eigenvalue weighted by Crippen LogP contribution is -2.26. The summed E-state index contributed by atoms with van der Waals surface area (Å²) < 4.78 is 10.3. The Labute approximate surface area is 105 Å². The highest BCUT2D eigenvalue weighted by Crippen LogP contribution is 2.13. The zero-order valence-corrected chi connectivity index (χ0v) is 10.4. The fraction of sp³-hybridized carbons (Fsp3) is 0.385. The molecular weight excluding hydrogens is 236 g/mol. The molecular formula is C13H16O5. The Morgan fingerprint density at radius 1 is 1.28 bits per heavy atom. The maximum atomic E-state index is 11.6. The minimum atomic E-state index is -1.02. The molecule has 0 spiro atoms. The van der Waals surface area contributed by atoms with Crippen molar-refractivity contribution in [2.24, 2.45) is 0 Å². The first kappa shape index (κ1) is 14.2. The first-order chi connectivity index (χ1) is 8.54. The van der Waals surface area contributed by atoms with Gasteiger partial charge in [0.25, 0.3) is 0 Å². The number of carbonyl (C=O) groups excluding carboxylic acids is 1. The van der Waals surface area contributed by atoms with E-state index in [1.54, 1.807) is 6.92 Å². The van der Waals surface area contributed by atoms with E-state index in [9.17, 15) is 9.59 Å². The molecule has 0 aliphatic heterocycles. The van der Waals surface area contributed by atoms with E-state index in [-0.39, 0.29) is 5.56 Å². The van der Waals surface area contributed by atoms with Crippen LogP contribution in [0.25, 0.3) is 0 Å². The summed E-state index contributed by atoms with van der Waals surface area (Å²) in [5.74, 6) is -1.21. The van der Waals surface area contributed by atoms with Crippen molar-refractivity contribution in [3.05, 3.63) is 29.8 Å². The largest absolute Gasteiger partial charge is 0.478 e. The van der Waals surface area contributed by atoms with Gasteiger partial charge in [0.15, 0.2) is 6.10 Å². The van der Waals surface area contributed by atoms with Gasteiger partial charge in [-0.1, -0.05) is 6.92 Å². The van der Waals surface area contributed by atoms with Crippen LogP contribution >= 0.6 is 0 Å². The van der Waals surface area contributed by atoms with Gasteiger partial charge in [-0.3, -0.25) is 0 Å². The predicted octanol–water partition coefficient (Wildman–Crippen LogP) is 2.11. The summed E-state index contributed by atoms with van der Waals surface area (Å²) in [6, 6.07) is 5.63. The predicted molar refractivity (Wildman–Crippen MR) is 64.7 cm³/mol. The Morgan fingerprint density at radius 3 is 2.39 bits per heavy atom. The quantitative estimate of drug-likeness (QED) is 0.620. The van der Waals surface area contributed by atoms with Gasteiger partial charge in [-0.05, 0) is 37.6 Å². The molecule has 5 heteroatoms. The molecule has 0 radical (unpaired) electrons. The van der Waals surface area contributed by atoms with Crippen LogP contribution in [0.2, 0.25) is 0 Å². The summed E-state index contributed by atoms with van der Waals surface area (Å²) in [6.45, 7) is 4.06.